The number of aliphatic hydroxyl groups is 1. The predicted molar refractivity (Wildman–Crippen MR) is 190 cm³/mol. The third-order valence-corrected chi connectivity index (χ3v) is 8.15. The molecule has 6 atom stereocenters. The minimum absolute atomic E-state index is 0.0282. The van der Waals surface area contributed by atoms with Gasteiger partial charge in [0.1, 0.15) is 18.3 Å². The molecule has 1 aromatic carbocycles. The number of amides is 1. The molecule has 0 aliphatic carbocycles. The molecule has 0 bridgehead atoms. The molecule has 9 nitrogen and oxygen atoms in total. The number of carbonyl (C=O) groups is 3. The van der Waals surface area contributed by atoms with Crippen molar-refractivity contribution in [1.29, 1.82) is 0 Å². The highest BCUT2D eigenvalue weighted by Crippen LogP contribution is 2.23. The summed E-state index contributed by atoms with van der Waals surface area (Å²) in [6, 6.07) is 9.60. The first kappa shape index (κ1) is 44.5. The molecule has 2 saturated heterocycles. The molecule has 2 fully saturated rings. The number of cyclic esters (lactones) is 1. The van der Waals surface area contributed by atoms with Crippen molar-refractivity contribution in [1.82, 2.24) is 9.80 Å². The number of ether oxygens (including phenoxy) is 3. The molecule has 9 heteroatoms. The number of esters is 1. The van der Waals surface area contributed by atoms with Crippen LogP contribution in [0, 0.1) is 23.7 Å². The highest BCUT2D eigenvalue weighted by Gasteiger charge is 2.27. The highest BCUT2D eigenvalue weighted by atomic mass is 16.6. The second-order valence-electron chi connectivity index (χ2n) is 12.7. The largest absolute Gasteiger partial charge is 0.465 e. The van der Waals surface area contributed by atoms with Crippen molar-refractivity contribution < 1.29 is 33.7 Å². The van der Waals surface area contributed by atoms with Gasteiger partial charge in [0.15, 0.2) is 6.29 Å². The number of rotatable bonds is 3. The van der Waals surface area contributed by atoms with Crippen LogP contribution in [-0.2, 0) is 30.4 Å². The Morgan fingerprint density at radius 2 is 1.57 bits per heavy atom. The Hall–Kier alpha value is -2.49. The van der Waals surface area contributed by atoms with Gasteiger partial charge in [-0.25, -0.2) is 4.79 Å². The fourth-order valence-corrected chi connectivity index (χ4v) is 5.90. The lowest BCUT2D eigenvalue weighted by atomic mass is 9.89. The number of benzene rings is 1. The van der Waals surface area contributed by atoms with Crippen LogP contribution in [0.5, 0.6) is 0 Å². The average molecular weight is 665 g/mol. The molecular formula is C38H68N2O7. The molecule has 0 saturated carbocycles. The molecule has 2 aliphatic heterocycles. The smallest absolute Gasteiger partial charge is 0.410 e. The van der Waals surface area contributed by atoms with Crippen molar-refractivity contribution in [2.45, 2.75) is 126 Å². The van der Waals surface area contributed by atoms with E-state index in [1.807, 2.05) is 71.9 Å². The van der Waals surface area contributed by atoms with Crippen molar-refractivity contribution in [2.24, 2.45) is 23.7 Å². The topological polar surface area (TPSA) is 106 Å². The van der Waals surface area contributed by atoms with Gasteiger partial charge in [-0.2, -0.15) is 0 Å². The van der Waals surface area contributed by atoms with Crippen molar-refractivity contribution in [2.75, 3.05) is 39.8 Å². The van der Waals surface area contributed by atoms with E-state index in [-0.39, 0.29) is 31.2 Å². The third kappa shape index (κ3) is 19.8. The van der Waals surface area contributed by atoms with Gasteiger partial charge in [0.05, 0.1) is 12.7 Å². The van der Waals surface area contributed by atoms with E-state index >= 15 is 0 Å². The number of hydrogen-bond donors (Lipinski definition) is 1. The van der Waals surface area contributed by atoms with E-state index in [0.29, 0.717) is 50.1 Å². The van der Waals surface area contributed by atoms with Crippen molar-refractivity contribution in [3.05, 3.63) is 35.9 Å². The summed E-state index contributed by atoms with van der Waals surface area (Å²) >= 11 is 0. The van der Waals surface area contributed by atoms with Gasteiger partial charge in [-0.15, -0.1) is 0 Å². The molecule has 0 spiro atoms. The number of ketones is 1. The maximum atomic E-state index is 12.8. The maximum absolute atomic E-state index is 12.8. The fourth-order valence-electron chi connectivity index (χ4n) is 5.90. The first-order valence-electron chi connectivity index (χ1n) is 18.1. The van der Waals surface area contributed by atoms with Gasteiger partial charge in [0, 0.05) is 39.0 Å². The van der Waals surface area contributed by atoms with Gasteiger partial charge in [0.2, 0.25) is 0 Å². The first-order valence-corrected chi connectivity index (χ1v) is 18.1. The summed E-state index contributed by atoms with van der Waals surface area (Å²) in [5.74, 6) is 0.315. The Balaban J connectivity index is 0.00000137. The van der Waals surface area contributed by atoms with Gasteiger partial charge >= 0.3 is 12.1 Å². The Morgan fingerprint density at radius 1 is 0.915 bits per heavy atom. The van der Waals surface area contributed by atoms with Crippen molar-refractivity contribution in [3.8, 4) is 0 Å². The first-order chi connectivity index (χ1) is 22.5. The SMILES string of the molecule is CC.CC.CCC1C(=O)CC[C@H](C)C[C@@H](C)CN(C)CCN(C(=O)OCc2ccccc2)CCCOC1=O.C[C@H]1C[C@@H](C)O[C@@H](O)C1. The van der Waals surface area contributed by atoms with Gasteiger partial charge in [-0.05, 0) is 69.4 Å². The second-order valence-corrected chi connectivity index (χ2v) is 12.7. The molecule has 272 valence electrons. The molecule has 1 aromatic rings. The van der Waals surface area contributed by atoms with Crippen molar-refractivity contribution >= 4 is 17.8 Å². The minimum Gasteiger partial charge on any atom is -0.465 e. The van der Waals surface area contributed by atoms with Gasteiger partial charge in [-0.1, -0.05) is 85.7 Å². The highest BCUT2D eigenvalue weighted by molar-refractivity contribution is 5.98. The predicted octanol–water partition coefficient (Wildman–Crippen LogP) is 7.73. The molecular weight excluding hydrogens is 596 g/mol. The average Bonchev–Trinajstić information content (AvgIpc) is 3.04. The van der Waals surface area contributed by atoms with Crippen LogP contribution >= 0.6 is 0 Å². The number of carbonyl (C=O) groups excluding carboxylic acids is 3. The van der Waals surface area contributed by atoms with Crippen LogP contribution in [0.3, 0.4) is 0 Å². The Kier molecular flexibility index (Phi) is 25.1. The molecule has 3 rings (SSSR count). The van der Waals surface area contributed by atoms with Gasteiger partial charge in [0.25, 0.3) is 0 Å². The number of nitrogens with zero attached hydrogens (tertiary/aromatic N) is 2. The number of aliphatic hydroxyl groups excluding tert-OH is 1. The Labute approximate surface area is 286 Å². The second kappa shape index (κ2) is 26.5. The normalized spacial score (nSPS) is 26.8. The molecule has 1 N–H and O–H groups in total. The number of hydrogen-bond acceptors (Lipinski definition) is 8. The van der Waals surface area contributed by atoms with Crippen LogP contribution in [0.2, 0.25) is 0 Å². The zero-order valence-electron chi connectivity index (χ0n) is 31.3. The van der Waals surface area contributed by atoms with E-state index in [0.717, 1.165) is 44.3 Å². The summed E-state index contributed by atoms with van der Waals surface area (Å²) in [5.41, 5.74) is 0.936. The summed E-state index contributed by atoms with van der Waals surface area (Å²) in [6.07, 6.45) is 4.40. The van der Waals surface area contributed by atoms with Crippen LogP contribution in [0.4, 0.5) is 4.79 Å². The lowest BCUT2D eigenvalue weighted by molar-refractivity contribution is -0.169. The summed E-state index contributed by atoms with van der Waals surface area (Å²) in [5, 5.41) is 9.03. The van der Waals surface area contributed by atoms with Crippen LogP contribution in [0.25, 0.3) is 0 Å². The number of likely N-dealkylation sites (N-methyl/N-ethyl adjacent to an activating group) is 1. The molecule has 2 aliphatic rings. The van der Waals surface area contributed by atoms with Crippen LogP contribution < -0.4 is 0 Å². The zero-order valence-corrected chi connectivity index (χ0v) is 31.3. The Bertz CT molecular complexity index is 936. The fraction of sp³-hybridized carbons (Fsp3) is 0.763. The van der Waals surface area contributed by atoms with Crippen molar-refractivity contribution in [3.63, 3.8) is 0 Å². The minimum atomic E-state index is -0.696. The molecule has 1 amide bonds. The summed E-state index contributed by atoms with van der Waals surface area (Å²) in [7, 11) is 2.07. The standard InChI is InChI=1S/C27H42N2O5.C7H14O2.2C2H6/c1-5-24-25(30)13-12-21(2)18-22(3)19-28(4)15-16-29(14-9-17-33-26(24)31)27(32)34-20-23-10-7-6-8-11-23;1-5-3-6(2)9-7(8)4-5;2*1-2/h6-8,10-11,21-22,24H,5,9,12-20H2,1-4H3;5-8H,3-4H2,1-2H3;2*1-2H3/t21-,22+,24?;5-,6+,7+;;/m00../s1. The molecule has 2 heterocycles. The van der Waals surface area contributed by atoms with E-state index in [4.69, 9.17) is 19.3 Å². The van der Waals surface area contributed by atoms with E-state index < -0.39 is 18.2 Å². The monoisotopic (exact) mass is 665 g/mol. The molecule has 0 radical (unpaired) electrons. The zero-order chi connectivity index (χ0) is 35.8. The number of Topliss-reactive ketones (excluding diaryl/α,β-unsaturated/α-hetero) is 1. The maximum Gasteiger partial charge on any atom is 0.410 e. The Morgan fingerprint density at radius 3 is 2.17 bits per heavy atom. The van der Waals surface area contributed by atoms with E-state index in [9.17, 15) is 14.4 Å². The summed E-state index contributed by atoms with van der Waals surface area (Å²) in [6.45, 7) is 21.4. The lowest BCUT2D eigenvalue weighted by Crippen LogP contribution is -2.40. The van der Waals surface area contributed by atoms with E-state index in [1.165, 1.54) is 0 Å². The van der Waals surface area contributed by atoms with E-state index in [1.54, 1.807) is 4.90 Å². The summed E-state index contributed by atoms with van der Waals surface area (Å²) in [4.78, 5) is 41.9. The van der Waals surface area contributed by atoms with Crippen LogP contribution in [0.1, 0.15) is 113 Å². The third-order valence-electron chi connectivity index (χ3n) is 8.15. The van der Waals surface area contributed by atoms with Gasteiger partial charge in [-0.3, -0.25) is 9.59 Å². The quantitative estimate of drug-likeness (QED) is 0.259. The van der Waals surface area contributed by atoms with Crippen LogP contribution in [-0.4, -0.2) is 85.0 Å². The van der Waals surface area contributed by atoms with E-state index in [2.05, 4.69) is 32.7 Å². The summed E-state index contributed by atoms with van der Waals surface area (Å²) < 4.78 is 16.1. The molecule has 47 heavy (non-hydrogen) atoms. The lowest BCUT2D eigenvalue weighted by Gasteiger charge is -2.28. The van der Waals surface area contributed by atoms with Crippen LogP contribution in [0.15, 0.2) is 30.3 Å². The van der Waals surface area contributed by atoms with Gasteiger partial charge < -0.3 is 29.1 Å². The molecule has 1 unspecified atom stereocenters. The molecule has 0 aromatic heterocycles.